The molecule has 3 aromatic rings. The zero-order valence-corrected chi connectivity index (χ0v) is 25.3. The van der Waals surface area contributed by atoms with Crippen LogP contribution in [0.1, 0.15) is 47.1 Å². The zero-order chi connectivity index (χ0) is 29.2. The van der Waals surface area contributed by atoms with Gasteiger partial charge in [0.1, 0.15) is 17.0 Å². The van der Waals surface area contributed by atoms with E-state index in [1.54, 1.807) is 4.90 Å². The number of carbonyl (C=O) groups excluding carboxylic acids is 2. The van der Waals surface area contributed by atoms with Gasteiger partial charge in [-0.25, -0.2) is 14.6 Å². The molecule has 0 bridgehead atoms. The third-order valence-electron chi connectivity index (χ3n) is 6.16. The maximum atomic E-state index is 12.4. The normalized spacial score (nSPS) is 14.3. The van der Waals surface area contributed by atoms with Crippen molar-refractivity contribution >= 4 is 52.1 Å². The number of nitrogens with one attached hydrogen (secondary N) is 1. The average molecular weight is 588 g/mol. The minimum Gasteiger partial charge on any atom is -0.444 e. The standard InChI is InChI=1S/C30H36Cl2N4O4/c1-29(2,3)39-27(37)33-18-19-7-9-23(31)22(15-19)20-8-10-25-21(16-20)17-24(32)26(34-25)35-11-13-36(14-12-35)28(38)40-30(4,5)6/h7-10,15-17H,11-14,18H2,1-6H3,(H,33,37). The van der Waals surface area contributed by atoms with E-state index in [1.807, 2.05) is 84.0 Å². The number of nitrogens with zero attached hydrogens (tertiary/aromatic N) is 3. The molecule has 1 aromatic heterocycles. The first-order chi connectivity index (χ1) is 18.7. The molecule has 0 unspecified atom stereocenters. The number of benzene rings is 2. The highest BCUT2D eigenvalue weighted by atomic mass is 35.5. The van der Waals surface area contributed by atoms with E-state index in [2.05, 4.69) is 10.2 Å². The Balaban J connectivity index is 1.49. The number of halogens is 2. The van der Waals surface area contributed by atoms with Crippen molar-refractivity contribution in [3.63, 3.8) is 0 Å². The largest absolute Gasteiger partial charge is 0.444 e. The molecule has 8 nitrogen and oxygen atoms in total. The molecule has 1 saturated heterocycles. The number of pyridine rings is 1. The third kappa shape index (κ3) is 7.70. The Morgan fingerprint density at radius 2 is 1.55 bits per heavy atom. The number of ether oxygens (including phenoxy) is 2. The monoisotopic (exact) mass is 586 g/mol. The number of hydrogen-bond acceptors (Lipinski definition) is 6. The minimum atomic E-state index is -0.566. The summed E-state index contributed by atoms with van der Waals surface area (Å²) in [6.45, 7) is 13.6. The fraction of sp³-hybridized carbons (Fsp3) is 0.433. The molecule has 0 radical (unpaired) electrons. The quantitative estimate of drug-likeness (QED) is 0.345. The summed E-state index contributed by atoms with van der Waals surface area (Å²) < 4.78 is 10.8. The number of fused-ring (bicyclic) bond motifs is 1. The molecule has 1 aliphatic heterocycles. The molecule has 0 atom stereocenters. The molecule has 40 heavy (non-hydrogen) atoms. The maximum Gasteiger partial charge on any atom is 0.410 e. The van der Waals surface area contributed by atoms with Crippen LogP contribution in [0, 0.1) is 0 Å². The topological polar surface area (TPSA) is 84.0 Å². The molecule has 10 heteroatoms. The summed E-state index contributed by atoms with van der Waals surface area (Å²) in [7, 11) is 0. The lowest BCUT2D eigenvalue weighted by atomic mass is 10.0. The number of piperazine rings is 1. The second-order valence-electron chi connectivity index (χ2n) is 11.8. The number of alkyl carbamates (subject to hydrolysis) is 1. The van der Waals surface area contributed by atoms with Crippen LogP contribution in [-0.4, -0.2) is 59.5 Å². The summed E-state index contributed by atoms with van der Waals surface area (Å²) in [6.07, 6.45) is -0.780. The Labute approximate surface area is 245 Å². The average Bonchev–Trinajstić information content (AvgIpc) is 2.85. The van der Waals surface area contributed by atoms with Crippen molar-refractivity contribution in [1.29, 1.82) is 0 Å². The lowest BCUT2D eigenvalue weighted by Crippen LogP contribution is -2.50. The zero-order valence-electron chi connectivity index (χ0n) is 23.8. The van der Waals surface area contributed by atoms with Crippen molar-refractivity contribution in [1.82, 2.24) is 15.2 Å². The van der Waals surface area contributed by atoms with E-state index in [-0.39, 0.29) is 6.09 Å². The van der Waals surface area contributed by atoms with Crippen molar-refractivity contribution in [2.24, 2.45) is 0 Å². The lowest BCUT2D eigenvalue weighted by molar-refractivity contribution is 0.0240. The van der Waals surface area contributed by atoms with Crippen molar-refractivity contribution in [3.8, 4) is 11.1 Å². The molecule has 2 heterocycles. The van der Waals surface area contributed by atoms with Gasteiger partial charge in [0.25, 0.3) is 0 Å². The lowest BCUT2D eigenvalue weighted by Gasteiger charge is -2.36. The van der Waals surface area contributed by atoms with E-state index < -0.39 is 17.3 Å². The molecule has 2 amide bonds. The second-order valence-corrected chi connectivity index (χ2v) is 12.6. The van der Waals surface area contributed by atoms with Crippen LogP contribution in [0.2, 0.25) is 10.0 Å². The minimum absolute atomic E-state index is 0.305. The highest BCUT2D eigenvalue weighted by Gasteiger charge is 2.27. The highest BCUT2D eigenvalue weighted by molar-refractivity contribution is 6.34. The van der Waals surface area contributed by atoms with Crippen LogP contribution in [0.3, 0.4) is 0 Å². The molecule has 214 valence electrons. The van der Waals surface area contributed by atoms with Gasteiger partial charge in [0.2, 0.25) is 0 Å². The molecule has 1 fully saturated rings. The van der Waals surface area contributed by atoms with Crippen LogP contribution < -0.4 is 10.2 Å². The summed E-state index contributed by atoms with van der Waals surface area (Å²) in [5.41, 5.74) is 2.35. The summed E-state index contributed by atoms with van der Waals surface area (Å²) in [6, 6.07) is 13.5. The number of amides is 2. The first-order valence-electron chi connectivity index (χ1n) is 13.3. The predicted octanol–water partition coefficient (Wildman–Crippen LogP) is 7.29. The molecule has 0 saturated carbocycles. The van der Waals surface area contributed by atoms with Crippen molar-refractivity contribution in [3.05, 3.63) is 58.1 Å². The van der Waals surface area contributed by atoms with E-state index in [9.17, 15) is 9.59 Å². The van der Waals surface area contributed by atoms with Crippen molar-refractivity contribution in [2.75, 3.05) is 31.1 Å². The molecule has 4 rings (SSSR count). The smallest absolute Gasteiger partial charge is 0.410 e. The summed E-state index contributed by atoms with van der Waals surface area (Å²) in [4.78, 5) is 33.1. The number of carbonyl (C=O) groups is 2. The van der Waals surface area contributed by atoms with Crippen LogP contribution in [0.4, 0.5) is 15.4 Å². The van der Waals surface area contributed by atoms with Gasteiger partial charge in [0.15, 0.2) is 0 Å². The van der Waals surface area contributed by atoms with Crippen LogP contribution in [0.15, 0.2) is 42.5 Å². The van der Waals surface area contributed by atoms with Gasteiger partial charge in [0.05, 0.1) is 10.5 Å². The molecule has 1 N–H and O–H groups in total. The number of anilines is 1. The van der Waals surface area contributed by atoms with E-state index in [0.717, 1.165) is 27.6 Å². The van der Waals surface area contributed by atoms with Crippen molar-refractivity contribution < 1.29 is 19.1 Å². The van der Waals surface area contributed by atoms with Crippen LogP contribution in [0.25, 0.3) is 22.0 Å². The fourth-order valence-corrected chi connectivity index (χ4v) is 4.86. The molecule has 2 aromatic carbocycles. The van der Waals surface area contributed by atoms with E-state index >= 15 is 0 Å². The molecular formula is C30H36Cl2N4O4. The summed E-state index contributed by atoms with van der Waals surface area (Å²) in [5.74, 6) is 0.694. The first-order valence-corrected chi connectivity index (χ1v) is 14.0. The SMILES string of the molecule is CC(C)(C)OC(=O)NCc1ccc(Cl)c(-c2ccc3nc(N4CCN(C(=O)OC(C)(C)C)CC4)c(Cl)cc3c2)c1. The molecule has 1 aliphatic rings. The highest BCUT2D eigenvalue weighted by Crippen LogP contribution is 2.34. The summed E-state index contributed by atoms with van der Waals surface area (Å²) >= 11 is 13.3. The van der Waals surface area contributed by atoms with Crippen LogP contribution in [-0.2, 0) is 16.0 Å². The van der Waals surface area contributed by atoms with Gasteiger partial charge in [0, 0.05) is 48.7 Å². The van der Waals surface area contributed by atoms with Gasteiger partial charge in [-0.1, -0.05) is 35.3 Å². The second kappa shape index (κ2) is 11.7. The third-order valence-corrected chi connectivity index (χ3v) is 6.77. The number of aromatic nitrogens is 1. The van der Waals surface area contributed by atoms with E-state index in [0.29, 0.717) is 48.6 Å². The van der Waals surface area contributed by atoms with E-state index in [4.69, 9.17) is 37.7 Å². The van der Waals surface area contributed by atoms with Crippen LogP contribution in [0.5, 0.6) is 0 Å². The van der Waals surface area contributed by atoms with Gasteiger partial charge in [-0.15, -0.1) is 0 Å². The van der Waals surface area contributed by atoms with E-state index in [1.165, 1.54) is 0 Å². The molecule has 0 aliphatic carbocycles. The van der Waals surface area contributed by atoms with Crippen LogP contribution >= 0.6 is 23.2 Å². The first kappa shape index (κ1) is 29.7. The Kier molecular flexibility index (Phi) is 8.71. The number of rotatable bonds is 4. The fourth-order valence-electron chi connectivity index (χ4n) is 4.35. The number of hydrogen-bond donors (Lipinski definition) is 1. The Bertz CT molecular complexity index is 1410. The maximum absolute atomic E-state index is 12.4. The predicted molar refractivity (Wildman–Crippen MR) is 160 cm³/mol. The Morgan fingerprint density at radius 3 is 2.20 bits per heavy atom. The van der Waals surface area contributed by atoms with Crippen molar-refractivity contribution in [2.45, 2.75) is 59.3 Å². The van der Waals surface area contributed by atoms with Gasteiger partial charge in [-0.3, -0.25) is 0 Å². The Hall–Kier alpha value is -3.23. The van der Waals surface area contributed by atoms with Gasteiger partial charge >= 0.3 is 12.2 Å². The molecular weight excluding hydrogens is 551 g/mol. The van der Waals surface area contributed by atoms with Gasteiger partial charge in [-0.2, -0.15) is 0 Å². The summed E-state index contributed by atoms with van der Waals surface area (Å²) in [5, 5.41) is 4.80. The molecule has 0 spiro atoms. The van der Waals surface area contributed by atoms with Gasteiger partial charge in [-0.05, 0) is 83.0 Å². The van der Waals surface area contributed by atoms with Gasteiger partial charge < -0.3 is 24.6 Å². The Morgan fingerprint density at radius 1 is 0.875 bits per heavy atom.